The molecule has 0 atom stereocenters. The number of ether oxygens (including phenoxy) is 1. The maximum Gasteiger partial charge on any atom is 0.224 e. The SMILES string of the molecule is CCC(=O)Nc1c(N2CCC(Oc3ccc(F)c4c3CCC4)CC2)ccnc1Cl. The van der Waals surface area contributed by atoms with E-state index < -0.39 is 0 Å². The Bertz CT molecular complexity index is 913. The molecule has 29 heavy (non-hydrogen) atoms. The van der Waals surface area contributed by atoms with Crippen molar-refractivity contribution in [2.45, 2.75) is 51.6 Å². The number of nitrogens with zero attached hydrogens (tertiary/aromatic N) is 2. The predicted molar refractivity (Wildman–Crippen MR) is 112 cm³/mol. The first-order valence-electron chi connectivity index (χ1n) is 10.2. The summed E-state index contributed by atoms with van der Waals surface area (Å²) in [6.45, 7) is 3.36. The molecule has 1 N–H and O–H groups in total. The van der Waals surface area contributed by atoms with Crippen LogP contribution in [0.4, 0.5) is 15.8 Å². The van der Waals surface area contributed by atoms with Gasteiger partial charge in [0.15, 0.2) is 5.15 Å². The predicted octanol–water partition coefficient (Wildman–Crippen LogP) is 4.76. The highest BCUT2D eigenvalue weighted by Crippen LogP contribution is 2.36. The van der Waals surface area contributed by atoms with Gasteiger partial charge in [0.2, 0.25) is 5.91 Å². The van der Waals surface area contributed by atoms with Gasteiger partial charge in [0.25, 0.3) is 0 Å². The molecule has 0 radical (unpaired) electrons. The van der Waals surface area contributed by atoms with Gasteiger partial charge in [-0.1, -0.05) is 18.5 Å². The molecule has 2 aromatic rings. The van der Waals surface area contributed by atoms with Gasteiger partial charge >= 0.3 is 0 Å². The minimum Gasteiger partial charge on any atom is -0.490 e. The molecule has 5 nitrogen and oxygen atoms in total. The summed E-state index contributed by atoms with van der Waals surface area (Å²) >= 11 is 6.24. The average molecular weight is 418 g/mol. The van der Waals surface area contributed by atoms with Crippen molar-refractivity contribution < 1.29 is 13.9 Å². The number of anilines is 2. The zero-order valence-corrected chi connectivity index (χ0v) is 17.3. The number of benzene rings is 1. The number of hydrogen-bond donors (Lipinski definition) is 1. The first-order valence-corrected chi connectivity index (χ1v) is 10.6. The van der Waals surface area contributed by atoms with Gasteiger partial charge in [0.05, 0.1) is 5.69 Å². The fourth-order valence-electron chi connectivity index (χ4n) is 4.17. The molecule has 1 aromatic carbocycles. The monoisotopic (exact) mass is 417 g/mol. The van der Waals surface area contributed by atoms with E-state index in [1.807, 2.05) is 6.07 Å². The summed E-state index contributed by atoms with van der Waals surface area (Å²) < 4.78 is 20.2. The van der Waals surface area contributed by atoms with Gasteiger partial charge in [0.1, 0.15) is 23.4 Å². The maximum absolute atomic E-state index is 14.0. The maximum atomic E-state index is 14.0. The van der Waals surface area contributed by atoms with Crippen LogP contribution in [0, 0.1) is 5.82 Å². The second-order valence-corrected chi connectivity index (χ2v) is 7.92. The smallest absolute Gasteiger partial charge is 0.224 e. The lowest BCUT2D eigenvalue weighted by Crippen LogP contribution is -2.39. The molecule has 154 valence electrons. The molecule has 0 bridgehead atoms. The summed E-state index contributed by atoms with van der Waals surface area (Å²) in [6, 6.07) is 5.17. The number of amides is 1. The van der Waals surface area contributed by atoms with E-state index in [2.05, 4.69) is 15.2 Å². The van der Waals surface area contributed by atoms with Crippen molar-refractivity contribution in [3.8, 4) is 5.75 Å². The van der Waals surface area contributed by atoms with Crippen LogP contribution < -0.4 is 15.0 Å². The second-order valence-electron chi connectivity index (χ2n) is 7.56. The molecule has 2 heterocycles. The fourth-order valence-corrected chi connectivity index (χ4v) is 4.37. The molecule has 1 amide bonds. The minimum atomic E-state index is -0.115. The molecule has 1 aliphatic heterocycles. The number of piperidine rings is 1. The summed E-state index contributed by atoms with van der Waals surface area (Å²) in [7, 11) is 0. The quantitative estimate of drug-likeness (QED) is 0.712. The topological polar surface area (TPSA) is 54.5 Å². The van der Waals surface area contributed by atoms with Crippen LogP contribution >= 0.6 is 11.6 Å². The summed E-state index contributed by atoms with van der Waals surface area (Å²) in [5.41, 5.74) is 3.31. The highest BCUT2D eigenvalue weighted by molar-refractivity contribution is 6.33. The van der Waals surface area contributed by atoms with Gasteiger partial charge in [-0.3, -0.25) is 4.79 Å². The zero-order chi connectivity index (χ0) is 20.4. The van der Waals surface area contributed by atoms with E-state index in [1.165, 1.54) is 6.07 Å². The Kier molecular flexibility index (Phi) is 5.90. The number of pyridine rings is 1. The number of fused-ring (bicyclic) bond motifs is 1. The molecule has 0 spiro atoms. The standard InChI is InChI=1S/C22H25ClFN3O2/c1-2-20(28)26-21-18(8-11-25-22(21)23)27-12-9-14(10-13-27)29-19-7-6-17(24)15-4-3-5-16(15)19/h6-8,11,14H,2-5,9-10,12-13H2,1H3,(H,26,28). The highest BCUT2D eigenvalue weighted by Gasteiger charge is 2.26. The summed E-state index contributed by atoms with van der Waals surface area (Å²) in [6.07, 6.45) is 6.48. The Hall–Kier alpha value is -2.34. The van der Waals surface area contributed by atoms with Gasteiger partial charge in [-0.05, 0) is 43.0 Å². The summed E-state index contributed by atoms with van der Waals surface area (Å²) in [4.78, 5) is 18.2. The van der Waals surface area contributed by atoms with Gasteiger partial charge in [-0.2, -0.15) is 0 Å². The summed E-state index contributed by atoms with van der Waals surface area (Å²) in [5.74, 6) is 0.626. The van der Waals surface area contributed by atoms with Crippen molar-refractivity contribution in [1.29, 1.82) is 0 Å². The van der Waals surface area contributed by atoms with Crippen molar-refractivity contribution in [2.24, 2.45) is 0 Å². The van der Waals surface area contributed by atoms with Crippen LogP contribution in [-0.2, 0) is 17.6 Å². The van der Waals surface area contributed by atoms with Crippen molar-refractivity contribution in [1.82, 2.24) is 4.98 Å². The number of nitrogens with one attached hydrogen (secondary N) is 1. The minimum absolute atomic E-state index is 0.0902. The van der Waals surface area contributed by atoms with E-state index in [0.717, 1.165) is 67.8 Å². The van der Waals surface area contributed by atoms with Crippen LogP contribution in [0.2, 0.25) is 5.15 Å². The number of carbonyl (C=O) groups is 1. The Morgan fingerprint density at radius 3 is 2.79 bits per heavy atom. The molecule has 4 rings (SSSR count). The first-order chi connectivity index (χ1) is 14.1. The third-order valence-corrected chi connectivity index (χ3v) is 6.02. The van der Waals surface area contributed by atoms with E-state index in [1.54, 1.807) is 19.2 Å². The van der Waals surface area contributed by atoms with Crippen LogP contribution in [0.25, 0.3) is 0 Å². The van der Waals surface area contributed by atoms with Crippen LogP contribution in [0.3, 0.4) is 0 Å². The van der Waals surface area contributed by atoms with Crippen molar-refractivity contribution in [3.05, 3.63) is 46.5 Å². The van der Waals surface area contributed by atoms with E-state index in [9.17, 15) is 9.18 Å². The van der Waals surface area contributed by atoms with Crippen molar-refractivity contribution in [3.63, 3.8) is 0 Å². The number of rotatable bonds is 5. The second kappa shape index (κ2) is 8.57. The van der Waals surface area contributed by atoms with Crippen molar-refractivity contribution in [2.75, 3.05) is 23.3 Å². The van der Waals surface area contributed by atoms with E-state index >= 15 is 0 Å². The van der Waals surface area contributed by atoms with Gasteiger partial charge in [0, 0.05) is 44.1 Å². The molecule has 2 aliphatic rings. The molecular weight excluding hydrogens is 393 g/mol. The van der Waals surface area contributed by atoms with E-state index in [4.69, 9.17) is 16.3 Å². The summed E-state index contributed by atoms with van der Waals surface area (Å²) in [5, 5.41) is 3.16. The Balaban J connectivity index is 1.44. The largest absolute Gasteiger partial charge is 0.490 e. The normalized spacial score (nSPS) is 16.6. The molecule has 7 heteroatoms. The van der Waals surface area contributed by atoms with E-state index in [-0.39, 0.29) is 17.8 Å². The van der Waals surface area contributed by atoms with Gasteiger partial charge in [-0.15, -0.1) is 0 Å². The number of hydrogen-bond acceptors (Lipinski definition) is 4. The molecule has 0 saturated carbocycles. The molecule has 1 aliphatic carbocycles. The molecular formula is C22H25ClFN3O2. The molecule has 0 unspecified atom stereocenters. The average Bonchev–Trinajstić information content (AvgIpc) is 3.23. The molecule has 1 fully saturated rings. The Labute approximate surface area is 175 Å². The number of aromatic nitrogens is 1. The lowest BCUT2D eigenvalue weighted by atomic mass is 10.1. The van der Waals surface area contributed by atoms with Crippen LogP contribution in [0.1, 0.15) is 43.7 Å². The Morgan fingerprint density at radius 2 is 2.03 bits per heavy atom. The molecule has 1 saturated heterocycles. The lowest BCUT2D eigenvalue weighted by Gasteiger charge is -2.35. The first kappa shape index (κ1) is 20.0. The zero-order valence-electron chi connectivity index (χ0n) is 16.5. The third kappa shape index (κ3) is 4.17. The van der Waals surface area contributed by atoms with Gasteiger partial charge in [-0.25, -0.2) is 9.37 Å². The highest BCUT2D eigenvalue weighted by atomic mass is 35.5. The van der Waals surface area contributed by atoms with E-state index in [0.29, 0.717) is 17.3 Å². The lowest BCUT2D eigenvalue weighted by molar-refractivity contribution is -0.115. The Morgan fingerprint density at radius 1 is 1.28 bits per heavy atom. The van der Waals surface area contributed by atoms with Crippen LogP contribution in [-0.4, -0.2) is 30.1 Å². The number of carbonyl (C=O) groups excluding carboxylic acids is 1. The fraction of sp³-hybridized carbons (Fsp3) is 0.455. The van der Waals surface area contributed by atoms with Gasteiger partial charge < -0.3 is 15.0 Å². The van der Waals surface area contributed by atoms with Crippen molar-refractivity contribution >= 4 is 28.9 Å². The third-order valence-electron chi connectivity index (χ3n) is 5.73. The van der Waals surface area contributed by atoms with Crippen LogP contribution in [0.15, 0.2) is 24.4 Å². The molecule has 1 aromatic heterocycles. The number of halogens is 2. The van der Waals surface area contributed by atoms with Crippen LogP contribution in [0.5, 0.6) is 5.75 Å².